The molecule has 4 aromatic carbocycles. The van der Waals surface area contributed by atoms with Crippen molar-refractivity contribution in [2.75, 3.05) is 36.2 Å². The van der Waals surface area contributed by atoms with Gasteiger partial charge < -0.3 is 34.9 Å². The molecule has 0 heterocycles. The van der Waals surface area contributed by atoms with E-state index >= 15 is 0 Å². The van der Waals surface area contributed by atoms with Crippen LogP contribution in [0, 0.1) is 6.92 Å². The molecule has 0 aliphatic rings. The topological polar surface area (TPSA) is 483 Å². The molecule has 0 aliphatic carbocycles. The molecule has 0 aromatic heterocycles. The van der Waals surface area contributed by atoms with E-state index in [4.69, 9.17) is 11.5 Å². The Kier molecular flexibility index (Phi) is 30.9. The monoisotopic (exact) mass is 1160 g/mol. The maximum Gasteiger partial charge on any atom is 1.00 e. The van der Waals surface area contributed by atoms with E-state index in [1.807, 2.05) is 0 Å². The standard InChI is InChI=1S/C29H30N8O21S7.5Na/c1-16-2-5-19(24(12-16)62(43,44)45)32-35-22-15-23(36-33-20-6-3-17(13-25(20)63(46,47)48)60(39,40)10-8-55-59-58-57-38)28(31)29(27(22)30)37-34-21-7-4-18(14-26(21)64(49,50)51)61(41,42)11-9-56-65(52,53)54;;;;;/h2-7,12-15,38H,8-11,30-31H2,1H3,(H,43,44,45)(H,46,47,48)(H,49,50,51)(H,52,53,54);;;;;/q;5*+1/p-5. The Morgan fingerprint density at radius 2 is 0.886 bits per heavy atom. The van der Waals surface area contributed by atoms with Crippen molar-refractivity contribution < 1.29 is 239 Å². The second kappa shape index (κ2) is 30.1. The molecule has 0 fully saturated rings. The van der Waals surface area contributed by atoms with E-state index in [1.54, 1.807) is 0 Å². The molecule has 70 heavy (non-hydrogen) atoms. The third-order valence-electron chi connectivity index (χ3n) is 7.75. The van der Waals surface area contributed by atoms with Crippen LogP contribution in [0.25, 0.3) is 0 Å². The van der Waals surface area contributed by atoms with E-state index in [9.17, 15) is 74.0 Å². The first-order chi connectivity index (χ1) is 29.9. The number of hydrogen-bond acceptors (Lipinski definition) is 30. The van der Waals surface area contributed by atoms with E-state index in [0.29, 0.717) is 29.8 Å². The van der Waals surface area contributed by atoms with Crippen molar-refractivity contribution in [1.82, 2.24) is 0 Å². The van der Waals surface area contributed by atoms with E-state index in [1.165, 1.54) is 13.0 Å². The van der Waals surface area contributed by atoms with Gasteiger partial charge in [0.25, 0.3) is 0 Å². The molecule has 0 radical (unpaired) electrons. The summed E-state index contributed by atoms with van der Waals surface area (Å²) < 4.78 is 205. The summed E-state index contributed by atoms with van der Waals surface area (Å²) in [5.41, 5.74) is 7.42. The van der Waals surface area contributed by atoms with Gasteiger partial charge in [-0.25, -0.2) is 50.5 Å². The summed E-state index contributed by atoms with van der Waals surface area (Å²) in [4.78, 5) is -5.00. The zero-order valence-corrected chi connectivity index (χ0v) is 52.6. The molecule has 29 nitrogen and oxygen atoms in total. The molecule has 0 spiro atoms. The molecular formula is C29H25N8Na5O21S7. The number of nitrogens with two attached hydrogens (primary N) is 2. The number of aryl methyl sites for hydroxylation is 1. The summed E-state index contributed by atoms with van der Waals surface area (Å²) in [6.45, 7) is -0.355. The summed E-state index contributed by atoms with van der Waals surface area (Å²) >= 11 is -0.0161. The van der Waals surface area contributed by atoms with Gasteiger partial charge in [0, 0.05) is 0 Å². The minimum atomic E-state index is -5.62. The Bertz CT molecular complexity index is 3300. The number of nitrogens with zero attached hydrogens (tertiary/aromatic N) is 6. The molecule has 41 heteroatoms. The van der Waals surface area contributed by atoms with Crippen LogP contribution in [0.1, 0.15) is 5.56 Å². The Morgan fingerprint density at radius 1 is 0.514 bits per heavy atom. The summed E-state index contributed by atoms with van der Waals surface area (Å²) in [5.74, 6) is -2.01. The van der Waals surface area contributed by atoms with Gasteiger partial charge in [-0.15, -0.1) is 35.0 Å². The van der Waals surface area contributed by atoms with Crippen molar-refractivity contribution >= 4 is 118 Å². The summed E-state index contributed by atoms with van der Waals surface area (Å²) in [6, 6.07) is 7.97. The van der Waals surface area contributed by atoms with Crippen LogP contribution in [0.2, 0.25) is 0 Å². The zero-order valence-electron chi connectivity index (χ0n) is 36.9. The first-order valence-electron chi connectivity index (χ1n) is 16.5. The van der Waals surface area contributed by atoms with Crippen LogP contribution in [0.4, 0.5) is 45.5 Å². The molecule has 4 N–H and O–H groups in total. The smallest absolute Gasteiger partial charge is 0.744 e. The Hall–Kier alpha value is -0.0300. The van der Waals surface area contributed by atoms with Gasteiger partial charge >= 0.3 is 148 Å². The van der Waals surface area contributed by atoms with Crippen molar-refractivity contribution in [1.29, 1.82) is 0 Å². The fourth-order valence-corrected chi connectivity index (χ4v) is 9.85. The zero-order chi connectivity index (χ0) is 48.8. The predicted octanol–water partition coefficient (Wildman–Crippen LogP) is -13.0. The van der Waals surface area contributed by atoms with E-state index < -0.39 is 155 Å². The van der Waals surface area contributed by atoms with Gasteiger partial charge in [-0.2, -0.15) is 0 Å². The second-order valence-corrected chi connectivity index (χ2v) is 22.0. The molecule has 0 bridgehead atoms. The third kappa shape index (κ3) is 21.2. The number of hydrogen-bond donors (Lipinski definition) is 2. The molecule has 0 aliphatic heterocycles. The molecule has 4 aromatic rings. The van der Waals surface area contributed by atoms with Gasteiger partial charge in [-0.3, -0.25) is 13.4 Å². The molecule has 0 saturated carbocycles. The largest absolute Gasteiger partial charge is 1.00 e. The summed E-state index contributed by atoms with van der Waals surface area (Å²) in [7, 11) is -30.7. The van der Waals surface area contributed by atoms with Crippen molar-refractivity contribution in [3.63, 3.8) is 0 Å². The van der Waals surface area contributed by atoms with Gasteiger partial charge in [0.1, 0.15) is 64.5 Å². The normalized spacial score (nSPS) is 12.4. The quantitative estimate of drug-likeness (QED) is 0.00900. The van der Waals surface area contributed by atoms with Crippen molar-refractivity contribution in [3.8, 4) is 0 Å². The van der Waals surface area contributed by atoms with Crippen molar-refractivity contribution in [2.24, 2.45) is 30.7 Å². The number of sulfone groups is 2. The molecule has 0 amide bonds. The Balaban J connectivity index is 0. The number of nitrogen functional groups attached to an aromatic ring is 2. The van der Waals surface area contributed by atoms with E-state index in [0.717, 1.165) is 30.3 Å². The molecule has 354 valence electrons. The summed E-state index contributed by atoms with van der Waals surface area (Å²) in [6.07, 6.45) is 0. The average molecular weight is 1160 g/mol. The number of anilines is 2. The van der Waals surface area contributed by atoms with Gasteiger partial charge in [0.05, 0.1) is 60.6 Å². The van der Waals surface area contributed by atoms with E-state index in [2.05, 4.69) is 48.4 Å². The third-order valence-corrected chi connectivity index (χ3v) is 14.5. The maximum absolute atomic E-state index is 12.8. The fourth-order valence-electron chi connectivity index (χ4n) is 4.80. The van der Waals surface area contributed by atoms with Gasteiger partial charge in [-0.05, 0) is 67.1 Å². The van der Waals surface area contributed by atoms with Crippen LogP contribution in [-0.4, -0.2) is 93.4 Å². The molecule has 0 unspecified atom stereocenters. The first kappa shape index (κ1) is 72.0. The van der Waals surface area contributed by atoms with Crippen LogP contribution in [0.15, 0.2) is 116 Å². The molecule has 0 saturated heterocycles. The number of rotatable bonds is 21. The van der Waals surface area contributed by atoms with E-state index in [-0.39, 0.29) is 160 Å². The molecule has 0 atom stereocenters. The van der Waals surface area contributed by atoms with Gasteiger partial charge in [0.2, 0.25) is 10.4 Å². The maximum atomic E-state index is 12.8. The summed E-state index contributed by atoms with van der Waals surface area (Å²) in [5, 5.41) is 35.3. The van der Waals surface area contributed by atoms with Gasteiger partial charge in [0.15, 0.2) is 32.0 Å². The minimum absolute atomic E-state index is 0. The molecule has 4 rings (SSSR count). The predicted molar refractivity (Wildman–Crippen MR) is 211 cm³/mol. The SMILES string of the molecule is Cc1ccc(N=Nc2cc(N=Nc3ccc(S(=O)(=O)CCOSOO[O-])cc3S(=O)(=O)[O-])c(N)c(N=Nc3ccc(S(=O)(=O)CCOS(=O)(=O)[O-])cc3S(=O)(=O)[O-])c2N)c(S(=O)(=O)[O-])c1.[Na+].[Na+].[Na+].[Na+].[Na+]. The average Bonchev–Trinajstić information content (AvgIpc) is 3.18. The van der Waals surface area contributed by atoms with Crippen LogP contribution >= 0.6 is 12.3 Å². The van der Waals surface area contributed by atoms with Crippen molar-refractivity contribution in [3.05, 3.63) is 66.2 Å². The first-order valence-corrected chi connectivity index (χ1v) is 26.0. The second-order valence-electron chi connectivity index (χ2n) is 12.2. The Labute approximate surface area is 514 Å². The fraction of sp³-hybridized carbons (Fsp3) is 0.172. The number of benzene rings is 4. The molecular weight excluding hydrogens is 1140 g/mol. The van der Waals surface area contributed by atoms with Crippen LogP contribution < -0.4 is 165 Å². The van der Waals surface area contributed by atoms with Crippen LogP contribution in [-0.2, 0) is 78.2 Å². The van der Waals surface area contributed by atoms with Gasteiger partial charge in [-0.1, -0.05) is 6.07 Å². The van der Waals surface area contributed by atoms with Crippen LogP contribution in [0.5, 0.6) is 0 Å². The number of azo groups is 3. The minimum Gasteiger partial charge on any atom is -0.744 e. The van der Waals surface area contributed by atoms with Crippen molar-refractivity contribution in [2.45, 2.75) is 31.4 Å². The van der Waals surface area contributed by atoms with Crippen LogP contribution in [0.3, 0.4) is 0 Å². The Morgan fingerprint density at radius 3 is 1.29 bits per heavy atom.